The molecule has 1 fully saturated rings. The van der Waals surface area contributed by atoms with E-state index in [1.54, 1.807) is 25.3 Å². The van der Waals surface area contributed by atoms with Crippen molar-refractivity contribution < 1.29 is 9.53 Å². The summed E-state index contributed by atoms with van der Waals surface area (Å²) in [6, 6.07) is 11.3. The molecule has 2 heterocycles. The molecule has 0 radical (unpaired) electrons. The van der Waals surface area contributed by atoms with Gasteiger partial charge in [-0.05, 0) is 24.3 Å². The van der Waals surface area contributed by atoms with E-state index in [4.69, 9.17) is 4.74 Å². The molecule has 1 saturated heterocycles. The minimum absolute atomic E-state index is 0.0380. The highest BCUT2D eigenvalue weighted by molar-refractivity contribution is 6.06. The number of para-hydroxylation sites is 1. The van der Waals surface area contributed by atoms with Crippen molar-refractivity contribution in [3.63, 3.8) is 0 Å². The average Bonchev–Trinajstić information content (AvgIpc) is 2.67. The Morgan fingerprint density at radius 2 is 1.79 bits per heavy atom. The number of methoxy groups -OCH3 is 1. The Labute approximate surface area is 142 Å². The molecule has 1 aliphatic rings. The van der Waals surface area contributed by atoms with Crippen LogP contribution in [0.15, 0.2) is 61.1 Å². The largest absolute Gasteiger partial charge is 0.496 e. The second-order valence-electron chi connectivity index (χ2n) is 5.61. The third-order valence-electron chi connectivity index (χ3n) is 4.15. The van der Waals surface area contributed by atoms with E-state index in [0.29, 0.717) is 11.3 Å². The van der Waals surface area contributed by atoms with Gasteiger partial charge in [-0.2, -0.15) is 0 Å². The van der Waals surface area contributed by atoms with Gasteiger partial charge in [0, 0.05) is 56.5 Å². The maximum Gasteiger partial charge on any atom is 0.191 e. The van der Waals surface area contributed by atoms with Gasteiger partial charge in [0.1, 0.15) is 5.75 Å². The van der Waals surface area contributed by atoms with Crippen molar-refractivity contribution in [2.24, 2.45) is 0 Å². The zero-order valence-electron chi connectivity index (χ0n) is 13.8. The molecule has 0 N–H and O–H groups in total. The summed E-state index contributed by atoms with van der Waals surface area (Å²) in [5.74, 6) is 0.568. The Kier molecular flexibility index (Phi) is 5.11. The van der Waals surface area contributed by atoms with Crippen LogP contribution in [0.3, 0.4) is 0 Å². The third-order valence-corrected chi connectivity index (χ3v) is 4.15. The fraction of sp³-hybridized carbons (Fsp3) is 0.263. The maximum absolute atomic E-state index is 12.3. The molecular formula is C19H21N3O2. The molecule has 1 aliphatic heterocycles. The number of benzene rings is 1. The monoisotopic (exact) mass is 323 g/mol. The Morgan fingerprint density at radius 3 is 2.50 bits per heavy atom. The summed E-state index contributed by atoms with van der Waals surface area (Å²) < 4.78 is 5.24. The minimum atomic E-state index is -0.0380. The highest BCUT2D eigenvalue weighted by Gasteiger charge is 2.15. The first kappa shape index (κ1) is 16.1. The van der Waals surface area contributed by atoms with Crippen LogP contribution in [0.2, 0.25) is 0 Å². The fourth-order valence-electron chi connectivity index (χ4n) is 2.80. The molecule has 5 heteroatoms. The van der Waals surface area contributed by atoms with Crippen LogP contribution >= 0.6 is 0 Å². The number of ketones is 1. The van der Waals surface area contributed by atoms with E-state index in [-0.39, 0.29) is 5.78 Å². The number of anilines is 1. The van der Waals surface area contributed by atoms with Gasteiger partial charge in [-0.25, -0.2) is 0 Å². The van der Waals surface area contributed by atoms with Crippen molar-refractivity contribution in [2.45, 2.75) is 0 Å². The van der Waals surface area contributed by atoms with Crippen LogP contribution in [-0.2, 0) is 0 Å². The van der Waals surface area contributed by atoms with Gasteiger partial charge in [0.2, 0.25) is 0 Å². The molecule has 5 nitrogen and oxygen atoms in total. The van der Waals surface area contributed by atoms with Gasteiger partial charge in [0.15, 0.2) is 5.78 Å². The number of allylic oxidation sites excluding steroid dienone is 1. The summed E-state index contributed by atoms with van der Waals surface area (Å²) in [6.45, 7) is 3.63. The van der Waals surface area contributed by atoms with Crippen molar-refractivity contribution in [3.8, 4) is 5.75 Å². The summed E-state index contributed by atoms with van der Waals surface area (Å²) in [4.78, 5) is 20.9. The van der Waals surface area contributed by atoms with E-state index in [0.717, 1.165) is 26.2 Å². The summed E-state index contributed by atoms with van der Waals surface area (Å²) in [5.41, 5.74) is 1.78. The van der Waals surface area contributed by atoms with Gasteiger partial charge < -0.3 is 14.5 Å². The number of carbonyl (C=O) groups excluding carboxylic acids is 1. The molecule has 3 rings (SSSR count). The molecule has 1 aromatic carbocycles. The fourth-order valence-corrected chi connectivity index (χ4v) is 2.80. The van der Waals surface area contributed by atoms with E-state index in [2.05, 4.69) is 14.8 Å². The lowest BCUT2D eigenvalue weighted by Gasteiger charge is -2.35. The predicted molar refractivity (Wildman–Crippen MR) is 94.5 cm³/mol. The number of carbonyl (C=O) groups is 1. The number of piperazine rings is 1. The van der Waals surface area contributed by atoms with Crippen molar-refractivity contribution in [1.29, 1.82) is 0 Å². The standard InChI is InChI=1S/C19H21N3O2/c1-24-19-5-3-2-4-17(19)18(23)8-11-21-12-14-22(15-13-21)16-6-9-20-10-7-16/h2-11H,12-15H2,1H3. The molecule has 2 aromatic rings. The van der Waals surface area contributed by atoms with E-state index in [1.165, 1.54) is 5.69 Å². The van der Waals surface area contributed by atoms with Gasteiger partial charge in [0.25, 0.3) is 0 Å². The molecule has 0 amide bonds. The van der Waals surface area contributed by atoms with Crippen molar-refractivity contribution in [2.75, 3.05) is 38.2 Å². The molecule has 24 heavy (non-hydrogen) atoms. The molecule has 0 saturated carbocycles. The lowest BCUT2D eigenvalue weighted by molar-refractivity contribution is 0.104. The molecule has 0 unspecified atom stereocenters. The predicted octanol–water partition coefficient (Wildman–Crippen LogP) is 2.61. The number of aromatic nitrogens is 1. The van der Waals surface area contributed by atoms with Gasteiger partial charge in [-0.15, -0.1) is 0 Å². The number of hydrogen-bond acceptors (Lipinski definition) is 5. The van der Waals surface area contributed by atoms with Crippen LogP contribution in [0, 0.1) is 0 Å². The zero-order chi connectivity index (χ0) is 16.8. The Hall–Kier alpha value is -2.82. The molecular weight excluding hydrogens is 302 g/mol. The summed E-state index contributed by atoms with van der Waals surface area (Å²) >= 11 is 0. The van der Waals surface area contributed by atoms with Crippen LogP contribution in [0.5, 0.6) is 5.75 Å². The van der Waals surface area contributed by atoms with Crippen LogP contribution in [0.1, 0.15) is 10.4 Å². The summed E-state index contributed by atoms with van der Waals surface area (Å²) in [6.07, 6.45) is 7.14. The molecule has 0 bridgehead atoms. The lowest BCUT2D eigenvalue weighted by atomic mass is 10.1. The number of ether oxygens (including phenoxy) is 1. The maximum atomic E-state index is 12.3. The third kappa shape index (κ3) is 3.74. The second-order valence-corrected chi connectivity index (χ2v) is 5.61. The highest BCUT2D eigenvalue weighted by Crippen LogP contribution is 2.19. The van der Waals surface area contributed by atoms with E-state index in [1.807, 2.05) is 42.9 Å². The number of hydrogen-bond donors (Lipinski definition) is 0. The Morgan fingerprint density at radius 1 is 1.08 bits per heavy atom. The summed E-state index contributed by atoms with van der Waals surface area (Å²) in [7, 11) is 1.58. The zero-order valence-corrected chi connectivity index (χ0v) is 13.8. The van der Waals surface area contributed by atoms with Crippen molar-refractivity contribution >= 4 is 11.5 Å². The van der Waals surface area contributed by atoms with E-state index >= 15 is 0 Å². The summed E-state index contributed by atoms with van der Waals surface area (Å²) in [5, 5.41) is 0. The van der Waals surface area contributed by atoms with E-state index < -0.39 is 0 Å². The molecule has 0 spiro atoms. The van der Waals surface area contributed by atoms with Crippen LogP contribution in [0.25, 0.3) is 0 Å². The smallest absolute Gasteiger partial charge is 0.191 e. The molecule has 1 aromatic heterocycles. The van der Waals surface area contributed by atoms with Gasteiger partial charge in [0.05, 0.1) is 12.7 Å². The number of pyridine rings is 1. The first-order valence-electron chi connectivity index (χ1n) is 8.02. The van der Waals surface area contributed by atoms with Crippen LogP contribution in [-0.4, -0.2) is 49.0 Å². The van der Waals surface area contributed by atoms with E-state index in [9.17, 15) is 4.79 Å². The Balaban J connectivity index is 1.58. The first-order valence-corrected chi connectivity index (χ1v) is 8.02. The SMILES string of the molecule is COc1ccccc1C(=O)C=CN1CCN(c2ccncc2)CC1. The van der Waals surface area contributed by atoms with Gasteiger partial charge in [-0.1, -0.05) is 12.1 Å². The average molecular weight is 323 g/mol. The quantitative estimate of drug-likeness (QED) is 0.625. The van der Waals surface area contributed by atoms with Gasteiger partial charge in [-0.3, -0.25) is 9.78 Å². The second kappa shape index (κ2) is 7.64. The topological polar surface area (TPSA) is 45.7 Å². The lowest BCUT2D eigenvalue weighted by Crippen LogP contribution is -2.44. The number of nitrogens with zero attached hydrogens (tertiary/aromatic N) is 3. The van der Waals surface area contributed by atoms with Crippen molar-refractivity contribution in [3.05, 3.63) is 66.6 Å². The Bertz CT molecular complexity index is 708. The molecule has 124 valence electrons. The molecule has 0 aliphatic carbocycles. The van der Waals surface area contributed by atoms with Crippen molar-refractivity contribution in [1.82, 2.24) is 9.88 Å². The highest BCUT2D eigenvalue weighted by atomic mass is 16.5. The van der Waals surface area contributed by atoms with Crippen LogP contribution in [0.4, 0.5) is 5.69 Å². The van der Waals surface area contributed by atoms with Gasteiger partial charge >= 0.3 is 0 Å². The molecule has 0 atom stereocenters. The number of rotatable bonds is 5. The first-order chi connectivity index (χ1) is 11.8. The normalized spacial score (nSPS) is 14.9. The minimum Gasteiger partial charge on any atom is -0.496 e. The van der Waals surface area contributed by atoms with Crippen LogP contribution < -0.4 is 9.64 Å².